The summed E-state index contributed by atoms with van der Waals surface area (Å²) in [6, 6.07) is 6.21. The monoisotopic (exact) mass is 482 g/mol. The molecule has 0 aliphatic carbocycles. The van der Waals surface area contributed by atoms with Gasteiger partial charge in [-0.15, -0.1) is 0 Å². The predicted octanol–water partition coefficient (Wildman–Crippen LogP) is 1.94. The SMILES string of the molecule is CC(C)(C)OC(=O)NCCC(=O)N1CCC(CNC(=O)c2ccc(NS(C)(=O)=O)cc2)CC1. The Kier molecular flexibility index (Phi) is 9.09. The Morgan fingerprint density at radius 2 is 1.67 bits per heavy atom. The predicted molar refractivity (Wildman–Crippen MR) is 125 cm³/mol. The first-order valence-electron chi connectivity index (χ1n) is 10.9. The van der Waals surface area contributed by atoms with Crippen LogP contribution >= 0.6 is 0 Å². The molecule has 0 bridgehead atoms. The van der Waals surface area contributed by atoms with Gasteiger partial charge in [0.05, 0.1) is 6.26 Å². The molecule has 1 aromatic rings. The van der Waals surface area contributed by atoms with Crippen LogP contribution in [0.3, 0.4) is 0 Å². The van der Waals surface area contributed by atoms with Crippen LogP contribution in [0.15, 0.2) is 24.3 Å². The van der Waals surface area contributed by atoms with Gasteiger partial charge in [0.2, 0.25) is 15.9 Å². The number of amides is 3. The fourth-order valence-electron chi connectivity index (χ4n) is 3.37. The van der Waals surface area contributed by atoms with E-state index in [0.717, 1.165) is 19.1 Å². The third-order valence-corrected chi connectivity index (χ3v) is 5.58. The third-order valence-electron chi connectivity index (χ3n) is 4.98. The van der Waals surface area contributed by atoms with Crippen LogP contribution in [0.4, 0.5) is 10.5 Å². The van der Waals surface area contributed by atoms with Gasteiger partial charge in [-0.2, -0.15) is 0 Å². The Hall–Kier alpha value is -2.82. The number of benzene rings is 1. The number of ether oxygens (including phenoxy) is 1. The number of likely N-dealkylation sites (tertiary alicyclic amines) is 1. The van der Waals surface area contributed by atoms with Gasteiger partial charge in [0, 0.05) is 43.9 Å². The number of hydrogen-bond donors (Lipinski definition) is 3. The summed E-state index contributed by atoms with van der Waals surface area (Å²) in [5.74, 6) is 0.0213. The van der Waals surface area contributed by atoms with Gasteiger partial charge in [-0.05, 0) is 63.8 Å². The molecule has 1 fully saturated rings. The molecule has 33 heavy (non-hydrogen) atoms. The highest BCUT2D eigenvalue weighted by Crippen LogP contribution is 2.18. The molecule has 1 saturated heterocycles. The summed E-state index contributed by atoms with van der Waals surface area (Å²) in [6.45, 7) is 7.28. The van der Waals surface area contributed by atoms with Gasteiger partial charge in [0.1, 0.15) is 5.60 Å². The zero-order valence-electron chi connectivity index (χ0n) is 19.6. The molecule has 1 aromatic carbocycles. The molecule has 11 heteroatoms. The van der Waals surface area contributed by atoms with Crippen molar-refractivity contribution in [2.75, 3.05) is 37.2 Å². The molecule has 0 atom stereocenters. The lowest BCUT2D eigenvalue weighted by molar-refractivity contribution is -0.132. The van der Waals surface area contributed by atoms with Crippen molar-refractivity contribution in [3.63, 3.8) is 0 Å². The van der Waals surface area contributed by atoms with Crippen LogP contribution in [0.2, 0.25) is 0 Å². The third kappa shape index (κ3) is 10.1. The largest absolute Gasteiger partial charge is 0.444 e. The summed E-state index contributed by atoms with van der Waals surface area (Å²) >= 11 is 0. The molecule has 1 heterocycles. The van der Waals surface area contributed by atoms with Crippen LogP contribution < -0.4 is 15.4 Å². The molecular weight excluding hydrogens is 448 g/mol. The Morgan fingerprint density at radius 1 is 1.06 bits per heavy atom. The maximum absolute atomic E-state index is 12.4. The lowest BCUT2D eigenvalue weighted by atomic mass is 9.96. The second-order valence-corrected chi connectivity index (χ2v) is 10.9. The highest BCUT2D eigenvalue weighted by molar-refractivity contribution is 7.92. The standard InChI is InChI=1S/C22H34N4O6S/c1-22(2,3)32-21(29)23-12-9-19(27)26-13-10-16(11-14-26)15-24-20(28)17-5-7-18(8-6-17)25-33(4,30)31/h5-8,16,25H,9-15H2,1-4H3,(H,23,29)(H,24,28). The number of alkyl carbamates (subject to hydrolysis) is 1. The molecule has 3 amide bonds. The Morgan fingerprint density at radius 3 is 2.21 bits per heavy atom. The minimum absolute atomic E-state index is 0.0173. The van der Waals surface area contributed by atoms with Gasteiger partial charge in [0.15, 0.2) is 0 Å². The Bertz CT molecular complexity index is 933. The van der Waals surface area contributed by atoms with Gasteiger partial charge in [-0.25, -0.2) is 13.2 Å². The van der Waals surface area contributed by atoms with Gasteiger partial charge in [0.25, 0.3) is 5.91 Å². The molecule has 0 aromatic heterocycles. The summed E-state index contributed by atoms with van der Waals surface area (Å²) in [5.41, 5.74) is 0.260. The topological polar surface area (TPSA) is 134 Å². The van der Waals surface area contributed by atoms with Gasteiger partial charge in [-0.3, -0.25) is 14.3 Å². The summed E-state index contributed by atoms with van der Waals surface area (Å²) < 4.78 is 30.0. The van der Waals surface area contributed by atoms with Crippen LogP contribution in [0.5, 0.6) is 0 Å². The van der Waals surface area contributed by atoms with Crippen molar-refractivity contribution < 1.29 is 27.5 Å². The number of carbonyl (C=O) groups is 3. The summed E-state index contributed by atoms with van der Waals surface area (Å²) in [4.78, 5) is 38.1. The first-order chi connectivity index (χ1) is 15.3. The van der Waals surface area contributed by atoms with E-state index in [1.54, 1.807) is 37.8 Å². The zero-order valence-corrected chi connectivity index (χ0v) is 20.5. The summed E-state index contributed by atoms with van der Waals surface area (Å²) in [5, 5.41) is 5.49. The van der Waals surface area contributed by atoms with Crippen molar-refractivity contribution in [3.05, 3.63) is 29.8 Å². The fourth-order valence-corrected chi connectivity index (χ4v) is 3.94. The Balaban J connectivity index is 1.68. The second kappa shape index (κ2) is 11.4. The van der Waals surface area contributed by atoms with Crippen molar-refractivity contribution in [3.8, 4) is 0 Å². The molecule has 184 valence electrons. The highest BCUT2D eigenvalue weighted by Gasteiger charge is 2.23. The van der Waals surface area contributed by atoms with Crippen LogP contribution in [0, 0.1) is 5.92 Å². The lowest BCUT2D eigenvalue weighted by Crippen LogP contribution is -2.42. The number of sulfonamides is 1. The molecule has 1 aliphatic heterocycles. The smallest absolute Gasteiger partial charge is 0.407 e. The quantitative estimate of drug-likeness (QED) is 0.518. The maximum atomic E-state index is 12.4. The lowest BCUT2D eigenvalue weighted by Gasteiger charge is -2.32. The minimum atomic E-state index is -3.36. The molecule has 1 aliphatic rings. The highest BCUT2D eigenvalue weighted by atomic mass is 32.2. The van der Waals surface area contributed by atoms with E-state index in [1.807, 2.05) is 0 Å². The molecular formula is C22H34N4O6S. The van der Waals surface area contributed by atoms with E-state index in [4.69, 9.17) is 4.74 Å². The normalized spacial score (nSPS) is 15.0. The molecule has 0 saturated carbocycles. The number of rotatable bonds is 8. The molecule has 2 rings (SSSR count). The number of anilines is 1. The summed E-state index contributed by atoms with van der Waals surface area (Å²) in [6.07, 6.45) is 2.30. The molecule has 0 radical (unpaired) electrons. The fraction of sp³-hybridized carbons (Fsp3) is 0.591. The molecule has 3 N–H and O–H groups in total. The van der Waals surface area contributed by atoms with Crippen molar-refractivity contribution in [1.82, 2.24) is 15.5 Å². The zero-order chi connectivity index (χ0) is 24.6. The van der Waals surface area contributed by atoms with E-state index in [-0.39, 0.29) is 30.7 Å². The average Bonchev–Trinajstić information content (AvgIpc) is 2.70. The number of nitrogens with one attached hydrogen (secondary N) is 3. The molecule has 0 unspecified atom stereocenters. The van der Waals surface area contributed by atoms with Crippen LogP contribution in [0.1, 0.15) is 50.4 Å². The summed E-state index contributed by atoms with van der Waals surface area (Å²) in [7, 11) is -3.36. The second-order valence-electron chi connectivity index (χ2n) is 9.16. The van der Waals surface area contributed by atoms with E-state index >= 15 is 0 Å². The maximum Gasteiger partial charge on any atom is 0.407 e. The van der Waals surface area contributed by atoms with Crippen molar-refractivity contribution in [2.45, 2.75) is 45.6 Å². The van der Waals surface area contributed by atoms with Gasteiger partial charge < -0.3 is 20.3 Å². The first-order valence-corrected chi connectivity index (χ1v) is 12.8. The molecule has 0 spiro atoms. The average molecular weight is 483 g/mol. The van der Waals surface area contributed by atoms with Crippen molar-refractivity contribution in [2.24, 2.45) is 5.92 Å². The van der Waals surface area contributed by atoms with E-state index in [1.165, 1.54) is 12.1 Å². The number of hydrogen-bond acceptors (Lipinski definition) is 6. The molecule has 10 nitrogen and oxygen atoms in total. The van der Waals surface area contributed by atoms with E-state index < -0.39 is 21.7 Å². The van der Waals surface area contributed by atoms with Crippen LogP contribution in [-0.2, 0) is 19.6 Å². The van der Waals surface area contributed by atoms with Gasteiger partial charge >= 0.3 is 6.09 Å². The number of nitrogens with zero attached hydrogens (tertiary/aromatic N) is 1. The van der Waals surface area contributed by atoms with E-state index in [9.17, 15) is 22.8 Å². The van der Waals surface area contributed by atoms with Crippen LogP contribution in [-0.4, -0.2) is 69.3 Å². The Labute approximate surface area is 195 Å². The van der Waals surface area contributed by atoms with Gasteiger partial charge in [-0.1, -0.05) is 0 Å². The number of carbonyl (C=O) groups excluding carboxylic acids is 3. The van der Waals surface area contributed by atoms with Crippen molar-refractivity contribution in [1.29, 1.82) is 0 Å². The van der Waals surface area contributed by atoms with Crippen molar-refractivity contribution >= 4 is 33.6 Å². The van der Waals surface area contributed by atoms with E-state index in [2.05, 4.69) is 15.4 Å². The number of piperidine rings is 1. The van der Waals surface area contributed by atoms with Crippen LogP contribution in [0.25, 0.3) is 0 Å². The first kappa shape index (κ1) is 26.4. The minimum Gasteiger partial charge on any atom is -0.444 e. The van der Waals surface area contributed by atoms with E-state index in [0.29, 0.717) is 30.9 Å².